The molecule has 0 aliphatic carbocycles. The van der Waals surface area contributed by atoms with E-state index in [0.717, 1.165) is 16.9 Å². The first kappa shape index (κ1) is 16.1. The van der Waals surface area contributed by atoms with Gasteiger partial charge in [0, 0.05) is 6.07 Å². The molecule has 0 fully saturated rings. The lowest BCUT2D eigenvalue weighted by molar-refractivity contribution is 0.479. The molecular weight excluding hydrogens is 318 g/mol. The number of nitrogens with zero attached hydrogens (tertiary/aromatic N) is 1. The van der Waals surface area contributed by atoms with Crippen LogP contribution < -0.4 is 4.74 Å². The number of hydrogen-bond acceptors (Lipinski definition) is 2. The number of rotatable bonds is 3. The van der Waals surface area contributed by atoms with E-state index in [0.29, 0.717) is 16.3 Å². The van der Waals surface area contributed by atoms with Gasteiger partial charge in [-0.1, -0.05) is 47.5 Å². The molecule has 0 heterocycles. The Hall–Kier alpha value is -2.76. The van der Waals surface area contributed by atoms with Crippen molar-refractivity contribution in [1.82, 2.24) is 0 Å². The molecular formula is C21H16ClNO. The Labute approximate surface area is 146 Å². The van der Waals surface area contributed by atoms with Crippen LogP contribution in [-0.2, 0) is 0 Å². The van der Waals surface area contributed by atoms with E-state index in [1.165, 1.54) is 11.1 Å². The van der Waals surface area contributed by atoms with Crippen molar-refractivity contribution in [3.05, 3.63) is 82.4 Å². The number of halogens is 1. The van der Waals surface area contributed by atoms with Crippen molar-refractivity contribution in [2.75, 3.05) is 0 Å². The van der Waals surface area contributed by atoms with E-state index in [2.05, 4.69) is 37.3 Å². The second-order valence-corrected chi connectivity index (χ2v) is 6.11. The molecule has 0 bridgehead atoms. The van der Waals surface area contributed by atoms with Crippen LogP contribution in [0.3, 0.4) is 0 Å². The Morgan fingerprint density at radius 3 is 2.21 bits per heavy atom. The lowest BCUT2D eigenvalue weighted by Gasteiger charge is -2.11. The summed E-state index contributed by atoms with van der Waals surface area (Å²) in [4.78, 5) is 0. The second-order valence-electron chi connectivity index (χ2n) is 5.70. The maximum atomic E-state index is 8.92. The molecule has 0 aliphatic rings. The first-order chi connectivity index (χ1) is 11.6. The molecule has 0 aliphatic heterocycles. The summed E-state index contributed by atoms with van der Waals surface area (Å²) in [6.07, 6.45) is 0. The van der Waals surface area contributed by atoms with Crippen molar-refractivity contribution >= 4 is 11.6 Å². The third kappa shape index (κ3) is 3.42. The molecule has 2 nitrogen and oxygen atoms in total. The predicted octanol–water partition coefficient (Wildman–Crippen LogP) is 6.29. The molecule has 3 aromatic rings. The minimum Gasteiger partial charge on any atom is -0.457 e. The maximum absolute atomic E-state index is 8.92. The van der Waals surface area contributed by atoms with Gasteiger partial charge in [-0.15, -0.1) is 0 Å². The fourth-order valence-corrected chi connectivity index (χ4v) is 2.68. The van der Waals surface area contributed by atoms with Crippen LogP contribution in [0.25, 0.3) is 11.1 Å². The minimum atomic E-state index is 0.393. The molecule has 0 amide bonds. The van der Waals surface area contributed by atoms with Crippen molar-refractivity contribution in [3.8, 4) is 28.7 Å². The van der Waals surface area contributed by atoms with Crippen molar-refractivity contribution < 1.29 is 4.74 Å². The summed E-state index contributed by atoms with van der Waals surface area (Å²) in [5.74, 6) is 1.39. The summed E-state index contributed by atoms with van der Waals surface area (Å²) in [6, 6.07) is 21.6. The average Bonchev–Trinajstić information content (AvgIpc) is 2.57. The number of benzene rings is 3. The number of nitriles is 1. The third-order valence-corrected chi connectivity index (χ3v) is 4.16. The molecule has 0 spiro atoms. The quantitative estimate of drug-likeness (QED) is 0.564. The van der Waals surface area contributed by atoms with Gasteiger partial charge < -0.3 is 4.74 Å². The van der Waals surface area contributed by atoms with Gasteiger partial charge in [0.15, 0.2) is 0 Å². The van der Waals surface area contributed by atoms with Crippen LogP contribution in [0, 0.1) is 25.2 Å². The number of aryl methyl sites for hydroxylation is 2. The van der Waals surface area contributed by atoms with Gasteiger partial charge in [-0.2, -0.15) is 5.26 Å². The summed E-state index contributed by atoms with van der Waals surface area (Å²) in [5, 5.41) is 9.32. The van der Waals surface area contributed by atoms with Gasteiger partial charge in [0.1, 0.15) is 17.6 Å². The standard InChI is InChI=1S/C21H16ClNO/c1-14-3-5-16(6-4-14)17-8-10-21(15(2)11-17)24-19-9-7-18(13-23)20(22)12-19/h3-12H,1-2H3. The van der Waals surface area contributed by atoms with Crippen LogP contribution in [0.15, 0.2) is 60.7 Å². The van der Waals surface area contributed by atoms with Gasteiger partial charge in [0.05, 0.1) is 10.6 Å². The zero-order chi connectivity index (χ0) is 17.1. The Bertz CT molecular complexity index is 924. The van der Waals surface area contributed by atoms with E-state index in [4.69, 9.17) is 21.6 Å². The summed E-state index contributed by atoms with van der Waals surface area (Å²) in [5.41, 5.74) is 5.05. The van der Waals surface area contributed by atoms with Crippen molar-refractivity contribution in [3.63, 3.8) is 0 Å². The van der Waals surface area contributed by atoms with E-state index in [9.17, 15) is 0 Å². The first-order valence-electron chi connectivity index (χ1n) is 7.62. The number of ether oxygens (including phenoxy) is 1. The molecule has 24 heavy (non-hydrogen) atoms. The highest BCUT2D eigenvalue weighted by atomic mass is 35.5. The molecule has 3 rings (SSSR count). The molecule has 3 aromatic carbocycles. The highest BCUT2D eigenvalue weighted by molar-refractivity contribution is 6.31. The summed E-state index contributed by atoms with van der Waals surface area (Å²) in [7, 11) is 0. The highest BCUT2D eigenvalue weighted by Crippen LogP contribution is 2.31. The van der Waals surface area contributed by atoms with Crippen LogP contribution in [0.4, 0.5) is 0 Å². The lowest BCUT2D eigenvalue weighted by atomic mass is 10.0. The van der Waals surface area contributed by atoms with E-state index in [1.807, 2.05) is 25.1 Å². The Morgan fingerprint density at radius 2 is 1.58 bits per heavy atom. The van der Waals surface area contributed by atoms with Crippen LogP contribution in [0.2, 0.25) is 5.02 Å². The van der Waals surface area contributed by atoms with Gasteiger partial charge >= 0.3 is 0 Å². The predicted molar refractivity (Wildman–Crippen MR) is 97.6 cm³/mol. The Balaban J connectivity index is 1.86. The largest absolute Gasteiger partial charge is 0.457 e. The fourth-order valence-electron chi connectivity index (χ4n) is 2.47. The van der Waals surface area contributed by atoms with Crippen molar-refractivity contribution in [2.24, 2.45) is 0 Å². The van der Waals surface area contributed by atoms with Gasteiger partial charge in [0.2, 0.25) is 0 Å². The molecule has 3 heteroatoms. The monoisotopic (exact) mass is 333 g/mol. The van der Waals surface area contributed by atoms with E-state index < -0.39 is 0 Å². The van der Waals surface area contributed by atoms with Crippen molar-refractivity contribution in [2.45, 2.75) is 13.8 Å². The van der Waals surface area contributed by atoms with Crippen LogP contribution in [0.5, 0.6) is 11.5 Å². The van der Waals surface area contributed by atoms with Gasteiger partial charge in [0.25, 0.3) is 0 Å². The zero-order valence-corrected chi connectivity index (χ0v) is 14.3. The first-order valence-corrected chi connectivity index (χ1v) is 8.00. The Kier molecular flexibility index (Phi) is 4.55. The molecule has 0 atom stereocenters. The molecule has 0 saturated heterocycles. The van der Waals surface area contributed by atoms with Gasteiger partial charge in [-0.25, -0.2) is 0 Å². The molecule has 0 aromatic heterocycles. The minimum absolute atomic E-state index is 0.393. The second kappa shape index (κ2) is 6.78. The topological polar surface area (TPSA) is 33.0 Å². The van der Waals surface area contributed by atoms with Crippen LogP contribution in [-0.4, -0.2) is 0 Å². The lowest BCUT2D eigenvalue weighted by Crippen LogP contribution is -1.89. The normalized spacial score (nSPS) is 10.2. The van der Waals surface area contributed by atoms with Gasteiger partial charge in [-0.05, 0) is 54.8 Å². The summed E-state index contributed by atoms with van der Waals surface area (Å²) >= 11 is 6.05. The molecule has 0 saturated carbocycles. The van der Waals surface area contributed by atoms with Gasteiger partial charge in [-0.3, -0.25) is 0 Å². The fraction of sp³-hybridized carbons (Fsp3) is 0.0952. The molecule has 0 radical (unpaired) electrons. The van der Waals surface area contributed by atoms with Crippen molar-refractivity contribution in [1.29, 1.82) is 5.26 Å². The van der Waals surface area contributed by atoms with Crippen LogP contribution in [0.1, 0.15) is 16.7 Å². The summed E-state index contributed by atoms with van der Waals surface area (Å²) in [6.45, 7) is 4.09. The zero-order valence-electron chi connectivity index (χ0n) is 13.5. The number of hydrogen-bond donors (Lipinski definition) is 0. The van der Waals surface area contributed by atoms with E-state index >= 15 is 0 Å². The molecule has 0 N–H and O–H groups in total. The van der Waals surface area contributed by atoms with E-state index in [-0.39, 0.29) is 0 Å². The van der Waals surface area contributed by atoms with E-state index in [1.54, 1.807) is 18.2 Å². The molecule has 118 valence electrons. The van der Waals surface area contributed by atoms with Crippen LogP contribution >= 0.6 is 11.6 Å². The smallest absolute Gasteiger partial charge is 0.130 e. The average molecular weight is 334 g/mol. The Morgan fingerprint density at radius 1 is 0.875 bits per heavy atom. The third-order valence-electron chi connectivity index (χ3n) is 3.85. The SMILES string of the molecule is Cc1ccc(-c2ccc(Oc3ccc(C#N)c(Cl)c3)c(C)c2)cc1. The highest BCUT2D eigenvalue weighted by Gasteiger charge is 2.07. The summed E-state index contributed by atoms with van der Waals surface area (Å²) < 4.78 is 5.91. The maximum Gasteiger partial charge on any atom is 0.130 e. The molecule has 0 unspecified atom stereocenters.